The van der Waals surface area contributed by atoms with E-state index in [9.17, 15) is 0 Å². The number of H-pyrrole nitrogens is 1. The van der Waals surface area contributed by atoms with Gasteiger partial charge in [0.25, 0.3) is 0 Å². The number of hydrogen-bond donors (Lipinski definition) is 2. The molecule has 2 aromatic carbocycles. The number of fused-ring (bicyclic) bond motifs is 1. The van der Waals surface area contributed by atoms with Gasteiger partial charge in [-0.15, -0.1) is 0 Å². The average molecular weight is 310 g/mol. The Kier molecular flexibility index (Phi) is 4.42. The van der Waals surface area contributed by atoms with Crippen molar-refractivity contribution in [3.05, 3.63) is 48.0 Å². The van der Waals surface area contributed by atoms with Gasteiger partial charge in [0.2, 0.25) is 5.95 Å². The minimum atomic E-state index is 0.578. The topological polar surface area (TPSA) is 71.5 Å². The van der Waals surface area contributed by atoms with Crippen LogP contribution in [-0.4, -0.2) is 29.9 Å². The van der Waals surface area contributed by atoms with Crippen molar-refractivity contribution < 1.29 is 9.47 Å². The quantitative estimate of drug-likeness (QED) is 0.540. The number of anilines is 1. The monoisotopic (exact) mass is 310 g/mol. The number of benzene rings is 2. The van der Waals surface area contributed by atoms with Crippen molar-refractivity contribution >= 4 is 23.2 Å². The zero-order valence-corrected chi connectivity index (χ0v) is 13.0. The SMILES string of the molecule is CCOc1cc(C=NNc2nc3ccccc3[nH]2)ccc1OC. The highest BCUT2D eigenvalue weighted by atomic mass is 16.5. The summed E-state index contributed by atoms with van der Waals surface area (Å²) in [6.45, 7) is 2.51. The van der Waals surface area contributed by atoms with Crippen molar-refractivity contribution in [1.29, 1.82) is 0 Å². The van der Waals surface area contributed by atoms with E-state index in [4.69, 9.17) is 9.47 Å². The van der Waals surface area contributed by atoms with E-state index in [0.717, 1.165) is 16.6 Å². The summed E-state index contributed by atoms with van der Waals surface area (Å²) in [6, 6.07) is 13.5. The molecule has 0 fully saturated rings. The number of aromatic nitrogens is 2. The Hall–Kier alpha value is -3.02. The van der Waals surface area contributed by atoms with Gasteiger partial charge in [0.1, 0.15) is 0 Å². The Labute approximate surface area is 134 Å². The lowest BCUT2D eigenvalue weighted by atomic mass is 10.2. The Morgan fingerprint density at radius 1 is 1.22 bits per heavy atom. The first-order chi connectivity index (χ1) is 11.3. The first kappa shape index (κ1) is 14.9. The van der Waals surface area contributed by atoms with Gasteiger partial charge in [-0.1, -0.05) is 12.1 Å². The maximum Gasteiger partial charge on any atom is 0.222 e. The number of hydrogen-bond acceptors (Lipinski definition) is 5. The fraction of sp³-hybridized carbons (Fsp3) is 0.176. The molecule has 0 amide bonds. The molecule has 0 bridgehead atoms. The standard InChI is InChI=1S/C17H18N4O2/c1-3-23-16-10-12(8-9-15(16)22-2)11-18-21-17-19-13-6-4-5-7-14(13)20-17/h4-11H,3H2,1-2H3,(H2,19,20,21). The van der Waals surface area contributed by atoms with E-state index in [1.165, 1.54) is 0 Å². The lowest BCUT2D eigenvalue weighted by molar-refractivity contribution is 0.311. The molecule has 6 heteroatoms. The number of nitrogens with zero attached hydrogens (tertiary/aromatic N) is 2. The number of aromatic amines is 1. The predicted octanol–water partition coefficient (Wildman–Crippen LogP) is 3.42. The molecule has 3 aromatic rings. The molecule has 0 saturated heterocycles. The average Bonchev–Trinajstić information content (AvgIpc) is 2.98. The smallest absolute Gasteiger partial charge is 0.222 e. The van der Waals surface area contributed by atoms with Gasteiger partial charge in [0.05, 0.1) is 31.0 Å². The molecule has 0 aliphatic carbocycles. The van der Waals surface area contributed by atoms with Crippen LogP contribution in [0.4, 0.5) is 5.95 Å². The Bertz CT molecular complexity index is 793. The highest BCUT2D eigenvalue weighted by Crippen LogP contribution is 2.27. The molecule has 0 radical (unpaired) electrons. The maximum atomic E-state index is 5.55. The van der Waals surface area contributed by atoms with Crippen molar-refractivity contribution in [3.63, 3.8) is 0 Å². The van der Waals surface area contributed by atoms with Crippen LogP contribution >= 0.6 is 0 Å². The van der Waals surface area contributed by atoms with Crippen LogP contribution in [0.2, 0.25) is 0 Å². The van der Waals surface area contributed by atoms with Gasteiger partial charge in [0.15, 0.2) is 11.5 Å². The van der Waals surface area contributed by atoms with E-state index in [1.807, 2.05) is 49.4 Å². The van der Waals surface area contributed by atoms with Gasteiger partial charge in [-0.25, -0.2) is 10.4 Å². The van der Waals surface area contributed by atoms with Crippen LogP contribution in [-0.2, 0) is 0 Å². The molecule has 118 valence electrons. The third-order valence-electron chi connectivity index (χ3n) is 3.26. The van der Waals surface area contributed by atoms with E-state index < -0.39 is 0 Å². The number of methoxy groups -OCH3 is 1. The van der Waals surface area contributed by atoms with Crippen LogP contribution in [0.1, 0.15) is 12.5 Å². The number of nitrogens with one attached hydrogen (secondary N) is 2. The fourth-order valence-corrected chi connectivity index (χ4v) is 2.22. The number of hydrazone groups is 1. The summed E-state index contributed by atoms with van der Waals surface area (Å²) in [6.07, 6.45) is 1.70. The number of ether oxygens (including phenoxy) is 2. The first-order valence-electron chi connectivity index (χ1n) is 7.35. The highest BCUT2D eigenvalue weighted by Gasteiger charge is 2.04. The van der Waals surface area contributed by atoms with Crippen LogP contribution in [0.15, 0.2) is 47.6 Å². The van der Waals surface area contributed by atoms with Crippen molar-refractivity contribution in [2.75, 3.05) is 19.1 Å². The maximum absolute atomic E-state index is 5.55. The van der Waals surface area contributed by atoms with Gasteiger partial charge in [-0.05, 0) is 42.8 Å². The zero-order chi connectivity index (χ0) is 16.1. The van der Waals surface area contributed by atoms with E-state index >= 15 is 0 Å². The van der Waals surface area contributed by atoms with Crippen molar-refractivity contribution in [3.8, 4) is 11.5 Å². The number of rotatable bonds is 6. The summed E-state index contributed by atoms with van der Waals surface area (Å²) in [5.74, 6) is 2.00. The van der Waals surface area contributed by atoms with Crippen molar-refractivity contribution in [1.82, 2.24) is 9.97 Å². The van der Waals surface area contributed by atoms with Gasteiger partial charge < -0.3 is 14.5 Å². The van der Waals surface area contributed by atoms with Crippen molar-refractivity contribution in [2.45, 2.75) is 6.92 Å². The lowest BCUT2D eigenvalue weighted by Gasteiger charge is -2.09. The molecule has 0 aliphatic heterocycles. The summed E-state index contributed by atoms with van der Waals surface area (Å²) in [5, 5.41) is 4.20. The molecule has 23 heavy (non-hydrogen) atoms. The highest BCUT2D eigenvalue weighted by molar-refractivity contribution is 5.82. The summed E-state index contributed by atoms with van der Waals surface area (Å²) in [5.41, 5.74) is 5.66. The van der Waals surface area contributed by atoms with Gasteiger partial charge in [-0.2, -0.15) is 5.10 Å². The molecule has 6 nitrogen and oxygen atoms in total. The molecule has 0 aliphatic rings. The van der Waals surface area contributed by atoms with Gasteiger partial charge >= 0.3 is 0 Å². The summed E-state index contributed by atoms with van der Waals surface area (Å²) in [7, 11) is 1.62. The number of para-hydroxylation sites is 2. The summed E-state index contributed by atoms with van der Waals surface area (Å²) < 4.78 is 10.8. The molecule has 0 saturated carbocycles. The molecular weight excluding hydrogens is 292 g/mol. The largest absolute Gasteiger partial charge is 0.493 e. The van der Waals surface area contributed by atoms with Crippen LogP contribution in [0.25, 0.3) is 11.0 Å². The molecule has 2 N–H and O–H groups in total. The van der Waals surface area contributed by atoms with Crippen LogP contribution < -0.4 is 14.9 Å². The summed E-state index contributed by atoms with van der Waals surface area (Å²) >= 11 is 0. The van der Waals surface area contributed by atoms with Gasteiger partial charge in [-0.3, -0.25) is 0 Å². The third-order valence-corrected chi connectivity index (χ3v) is 3.26. The second-order valence-corrected chi connectivity index (χ2v) is 4.82. The van der Waals surface area contributed by atoms with Crippen LogP contribution in [0.5, 0.6) is 11.5 Å². The molecule has 1 heterocycles. The second-order valence-electron chi connectivity index (χ2n) is 4.82. The first-order valence-corrected chi connectivity index (χ1v) is 7.35. The minimum absolute atomic E-state index is 0.578. The molecule has 0 unspecified atom stereocenters. The molecule has 3 rings (SSSR count). The number of imidazole rings is 1. The van der Waals surface area contributed by atoms with Gasteiger partial charge in [0, 0.05) is 0 Å². The second kappa shape index (κ2) is 6.83. The Balaban J connectivity index is 1.73. The summed E-state index contributed by atoms with van der Waals surface area (Å²) in [4.78, 5) is 7.54. The third kappa shape index (κ3) is 3.42. The molecule has 1 aromatic heterocycles. The van der Waals surface area contributed by atoms with E-state index in [0.29, 0.717) is 24.1 Å². The Morgan fingerprint density at radius 3 is 2.87 bits per heavy atom. The van der Waals surface area contributed by atoms with E-state index in [-0.39, 0.29) is 0 Å². The van der Waals surface area contributed by atoms with Crippen molar-refractivity contribution in [2.24, 2.45) is 5.10 Å². The van der Waals surface area contributed by atoms with Crippen LogP contribution in [0, 0.1) is 0 Å². The molecule has 0 spiro atoms. The van der Waals surface area contributed by atoms with Crippen LogP contribution in [0.3, 0.4) is 0 Å². The lowest BCUT2D eigenvalue weighted by Crippen LogP contribution is -1.97. The fourth-order valence-electron chi connectivity index (χ4n) is 2.22. The Morgan fingerprint density at radius 2 is 2.09 bits per heavy atom. The molecular formula is C17H18N4O2. The van der Waals surface area contributed by atoms with E-state index in [2.05, 4.69) is 20.5 Å². The van der Waals surface area contributed by atoms with E-state index in [1.54, 1.807) is 13.3 Å². The molecule has 0 atom stereocenters. The predicted molar refractivity (Wildman–Crippen MR) is 91.5 cm³/mol. The zero-order valence-electron chi connectivity index (χ0n) is 13.0. The normalized spacial score (nSPS) is 11.0. The minimum Gasteiger partial charge on any atom is -0.493 e.